The molecule has 0 aliphatic rings. The highest BCUT2D eigenvalue weighted by atomic mass is 19.4. The van der Waals surface area contributed by atoms with Crippen molar-refractivity contribution in [2.75, 3.05) is 20.3 Å². The van der Waals surface area contributed by atoms with Crippen LogP contribution in [0.3, 0.4) is 0 Å². The highest BCUT2D eigenvalue weighted by molar-refractivity contribution is 5.30. The van der Waals surface area contributed by atoms with Gasteiger partial charge in [-0.05, 0) is 24.2 Å². The van der Waals surface area contributed by atoms with Crippen molar-refractivity contribution in [1.29, 1.82) is 0 Å². The Bertz CT molecular complexity index is 363. The molecule has 6 heteroatoms. The summed E-state index contributed by atoms with van der Waals surface area (Å²) in [6.07, 6.45) is -4.67. The van der Waals surface area contributed by atoms with E-state index in [9.17, 15) is 13.2 Å². The maximum absolute atomic E-state index is 12.1. The van der Waals surface area contributed by atoms with Gasteiger partial charge < -0.3 is 14.8 Å². The third-order valence-electron chi connectivity index (χ3n) is 2.28. The van der Waals surface area contributed by atoms with E-state index in [0.29, 0.717) is 18.7 Å². The van der Waals surface area contributed by atoms with Crippen LogP contribution in [0.2, 0.25) is 0 Å². The summed E-state index contributed by atoms with van der Waals surface area (Å²) < 4.78 is 45.2. The molecule has 0 saturated carbocycles. The number of likely N-dealkylation sites (N-methyl/N-ethyl adjacent to an activating group) is 1. The topological polar surface area (TPSA) is 30.5 Å². The maximum atomic E-state index is 12.1. The van der Waals surface area contributed by atoms with Gasteiger partial charge in [0.15, 0.2) is 0 Å². The molecular weight excluding hydrogens is 247 g/mol. The van der Waals surface area contributed by atoms with Crippen molar-refractivity contribution in [3.63, 3.8) is 0 Å². The maximum Gasteiger partial charge on any atom is 0.573 e. The van der Waals surface area contributed by atoms with E-state index >= 15 is 0 Å². The Morgan fingerprint density at radius 2 is 2.06 bits per heavy atom. The average Bonchev–Trinajstić information content (AvgIpc) is 2.27. The van der Waals surface area contributed by atoms with Gasteiger partial charge in [-0.2, -0.15) is 0 Å². The van der Waals surface area contributed by atoms with Gasteiger partial charge in [0.2, 0.25) is 0 Å². The minimum atomic E-state index is -4.67. The fourth-order valence-corrected chi connectivity index (χ4v) is 1.61. The number of benzene rings is 1. The minimum Gasteiger partial charge on any atom is -0.406 e. The lowest BCUT2D eigenvalue weighted by Crippen LogP contribution is -2.25. The van der Waals surface area contributed by atoms with Gasteiger partial charge in [0, 0.05) is 7.11 Å². The second kappa shape index (κ2) is 6.61. The molecule has 102 valence electrons. The third kappa shape index (κ3) is 4.93. The van der Waals surface area contributed by atoms with Crippen LogP contribution in [0.25, 0.3) is 0 Å². The lowest BCUT2D eigenvalue weighted by Gasteiger charge is -2.18. The molecule has 0 spiro atoms. The van der Waals surface area contributed by atoms with E-state index < -0.39 is 6.36 Å². The Balaban J connectivity index is 2.84. The molecule has 1 aromatic carbocycles. The molecule has 0 radical (unpaired) electrons. The van der Waals surface area contributed by atoms with Crippen LogP contribution in [0.15, 0.2) is 24.3 Å². The summed E-state index contributed by atoms with van der Waals surface area (Å²) in [6.45, 7) is 2.99. The summed E-state index contributed by atoms with van der Waals surface area (Å²) in [5.74, 6) is -0.223. The van der Waals surface area contributed by atoms with Crippen LogP contribution in [0.1, 0.15) is 18.5 Å². The largest absolute Gasteiger partial charge is 0.573 e. The molecule has 18 heavy (non-hydrogen) atoms. The normalized spacial score (nSPS) is 13.4. The highest BCUT2D eigenvalue weighted by Crippen LogP contribution is 2.25. The molecule has 1 aromatic rings. The summed E-state index contributed by atoms with van der Waals surface area (Å²) >= 11 is 0. The lowest BCUT2D eigenvalue weighted by molar-refractivity contribution is -0.274. The fraction of sp³-hybridized carbons (Fsp3) is 0.500. The smallest absolute Gasteiger partial charge is 0.406 e. The van der Waals surface area contributed by atoms with E-state index in [-0.39, 0.29) is 11.8 Å². The molecule has 1 N–H and O–H groups in total. The number of hydrogen-bond donors (Lipinski definition) is 1. The average molecular weight is 263 g/mol. The number of rotatable bonds is 6. The predicted molar refractivity (Wildman–Crippen MR) is 61.4 cm³/mol. The summed E-state index contributed by atoms with van der Waals surface area (Å²) in [5.41, 5.74) is 0.695. The molecule has 0 aliphatic heterocycles. The van der Waals surface area contributed by atoms with E-state index in [2.05, 4.69) is 10.1 Å². The van der Waals surface area contributed by atoms with Crippen LogP contribution in [-0.2, 0) is 4.74 Å². The zero-order valence-electron chi connectivity index (χ0n) is 10.3. The molecule has 3 nitrogen and oxygen atoms in total. The van der Waals surface area contributed by atoms with Crippen molar-refractivity contribution in [3.8, 4) is 5.75 Å². The Kier molecular flexibility index (Phi) is 5.43. The summed E-state index contributed by atoms with van der Waals surface area (Å²) in [7, 11) is 1.54. The number of hydrogen-bond acceptors (Lipinski definition) is 3. The first-order chi connectivity index (χ1) is 8.46. The number of alkyl halides is 3. The second-order valence-corrected chi connectivity index (χ2v) is 3.69. The van der Waals surface area contributed by atoms with Crippen LogP contribution in [0, 0.1) is 0 Å². The fourth-order valence-electron chi connectivity index (χ4n) is 1.61. The van der Waals surface area contributed by atoms with Crippen LogP contribution in [-0.4, -0.2) is 26.6 Å². The molecule has 1 rings (SSSR count). The third-order valence-corrected chi connectivity index (χ3v) is 2.28. The lowest BCUT2D eigenvalue weighted by atomic mass is 10.1. The zero-order chi connectivity index (χ0) is 13.6. The van der Waals surface area contributed by atoms with E-state index in [1.165, 1.54) is 18.2 Å². The van der Waals surface area contributed by atoms with Gasteiger partial charge in [0.05, 0.1) is 12.6 Å². The van der Waals surface area contributed by atoms with Crippen molar-refractivity contribution in [2.24, 2.45) is 0 Å². The molecule has 0 aromatic heterocycles. The molecule has 0 heterocycles. The Morgan fingerprint density at radius 3 is 2.61 bits per heavy atom. The van der Waals surface area contributed by atoms with Gasteiger partial charge >= 0.3 is 6.36 Å². The van der Waals surface area contributed by atoms with Gasteiger partial charge in [0.1, 0.15) is 5.75 Å². The standard InChI is InChI=1S/C12H16F3NO2/c1-3-16-11(8-17-2)9-5-4-6-10(7-9)18-12(13,14)15/h4-7,11,16H,3,8H2,1-2H3. The van der Waals surface area contributed by atoms with E-state index in [0.717, 1.165) is 0 Å². The van der Waals surface area contributed by atoms with Gasteiger partial charge in [-0.1, -0.05) is 19.1 Å². The number of methoxy groups -OCH3 is 1. The Labute approximate surface area is 104 Å². The number of nitrogens with one attached hydrogen (secondary N) is 1. The SMILES string of the molecule is CCNC(COC)c1cccc(OC(F)(F)F)c1. The molecule has 0 fully saturated rings. The van der Waals surface area contributed by atoms with Crippen LogP contribution in [0.5, 0.6) is 5.75 Å². The first-order valence-corrected chi connectivity index (χ1v) is 5.54. The van der Waals surface area contributed by atoms with Crippen LogP contribution in [0.4, 0.5) is 13.2 Å². The molecule has 0 amide bonds. The van der Waals surface area contributed by atoms with Crippen LogP contribution >= 0.6 is 0 Å². The quantitative estimate of drug-likeness (QED) is 0.856. The minimum absolute atomic E-state index is 0.156. The highest BCUT2D eigenvalue weighted by Gasteiger charge is 2.31. The second-order valence-electron chi connectivity index (χ2n) is 3.69. The van der Waals surface area contributed by atoms with Gasteiger partial charge in [-0.3, -0.25) is 0 Å². The molecule has 0 bridgehead atoms. The van der Waals surface area contributed by atoms with Crippen molar-refractivity contribution in [1.82, 2.24) is 5.32 Å². The van der Waals surface area contributed by atoms with Crippen molar-refractivity contribution < 1.29 is 22.6 Å². The first-order valence-electron chi connectivity index (χ1n) is 5.54. The monoisotopic (exact) mass is 263 g/mol. The Hall–Kier alpha value is -1.27. The molecular formula is C12H16F3NO2. The van der Waals surface area contributed by atoms with E-state index in [1.807, 2.05) is 6.92 Å². The Morgan fingerprint density at radius 1 is 1.33 bits per heavy atom. The van der Waals surface area contributed by atoms with Gasteiger partial charge in [-0.15, -0.1) is 13.2 Å². The number of halogens is 3. The summed E-state index contributed by atoms with van der Waals surface area (Å²) in [5, 5.41) is 3.13. The molecule has 1 atom stereocenters. The van der Waals surface area contributed by atoms with Gasteiger partial charge in [-0.25, -0.2) is 0 Å². The van der Waals surface area contributed by atoms with Crippen molar-refractivity contribution in [3.05, 3.63) is 29.8 Å². The molecule has 0 saturated heterocycles. The zero-order valence-corrected chi connectivity index (χ0v) is 10.3. The van der Waals surface area contributed by atoms with E-state index in [1.54, 1.807) is 13.2 Å². The number of ether oxygens (including phenoxy) is 2. The van der Waals surface area contributed by atoms with Crippen molar-refractivity contribution >= 4 is 0 Å². The van der Waals surface area contributed by atoms with E-state index in [4.69, 9.17) is 4.74 Å². The first kappa shape index (κ1) is 14.8. The molecule has 0 aliphatic carbocycles. The predicted octanol–water partition coefficient (Wildman–Crippen LogP) is 2.88. The van der Waals surface area contributed by atoms with Gasteiger partial charge in [0.25, 0.3) is 0 Å². The summed E-state index contributed by atoms with van der Waals surface area (Å²) in [6, 6.07) is 5.73. The summed E-state index contributed by atoms with van der Waals surface area (Å²) in [4.78, 5) is 0. The van der Waals surface area contributed by atoms with Crippen LogP contribution < -0.4 is 10.1 Å². The van der Waals surface area contributed by atoms with Crippen molar-refractivity contribution in [2.45, 2.75) is 19.3 Å². The molecule has 1 unspecified atom stereocenters.